The van der Waals surface area contributed by atoms with Crippen molar-refractivity contribution in [1.82, 2.24) is 19.9 Å². The molecule has 262 valence electrons. The number of anilines is 3. The summed E-state index contributed by atoms with van der Waals surface area (Å²) in [4.78, 5) is 49.6. The van der Waals surface area contributed by atoms with Gasteiger partial charge < -0.3 is 24.8 Å². The second kappa shape index (κ2) is 12.6. The molecule has 2 saturated heterocycles. The summed E-state index contributed by atoms with van der Waals surface area (Å²) in [7, 11) is 0. The van der Waals surface area contributed by atoms with Gasteiger partial charge in [0.2, 0.25) is 0 Å². The Bertz CT molecular complexity index is 2380. The first-order chi connectivity index (χ1) is 25.2. The third kappa shape index (κ3) is 5.70. The quantitative estimate of drug-likeness (QED) is 0.191. The molecule has 2 aromatic carbocycles. The summed E-state index contributed by atoms with van der Waals surface area (Å²) in [6, 6.07) is 16.6. The number of nitrogens with one attached hydrogen (secondary N) is 2. The number of thiophene rings is 1. The van der Waals surface area contributed by atoms with Gasteiger partial charge in [0.25, 0.3) is 11.8 Å². The highest BCUT2D eigenvalue weighted by Crippen LogP contribution is 2.44. The maximum atomic E-state index is 14.7. The van der Waals surface area contributed by atoms with Crippen molar-refractivity contribution in [3.05, 3.63) is 107 Å². The van der Waals surface area contributed by atoms with Crippen LogP contribution in [-0.2, 0) is 11.2 Å². The summed E-state index contributed by atoms with van der Waals surface area (Å²) in [6.07, 6.45) is 5.43. The maximum absolute atomic E-state index is 14.7. The zero-order valence-corrected chi connectivity index (χ0v) is 29.0. The number of nitrogens with zero attached hydrogens (tertiary/aromatic N) is 5. The van der Waals surface area contributed by atoms with Crippen molar-refractivity contribution in [2.24, 2.45) is 5.41 Å². The normalized spacial score (nSPS) is 16.3. The number of halogens is 2. The van der Waals surface area contributed by atoms with E-state index >= 15 is 0 Å². The average molecular weight is 718 g/mol. The number of aromatic amines is 1. The summed E-state index contributed by atoms with van der Waals surface area (Å²) in [6.45, 7) is 5.42. The van der Waals surface area contributed by atoms with E-state index in [1.165, 1.54) is 23.5 Å². The zero-order valence-electron chi connectivity index (χ0n) is 28.2. The number of carbonyl (C=O) groups is 2. The number of aromatic nitrogens is 4. The Morgan fingerprint density at radius 2 is 1.81 bits per heavy atom. The Morgan fingerprint density at radius 1 is 1.00 bits per heavy atom. The van der Waals surface area contributed by atoms with Gasteiger partial charge in [0.15, 0.2) is 0 Å². The van der Waals surface area contributed by atoms with Gasteiger partial charge in [-0.1, -0.05) is 6.07 Å². The van der Waals surface area contributed by atoms with E-state index in [4.69, 9.17) is 4.74 Å². The molecule has 52 heavy (non-hydrogen) atoms. The molecule has 4 aromatic heterocycles. The van der Waals surface area contributed by atoms with E-state index in [0.29, 0.717) is 57.3 Å². The molecule has 9 rings (SSSR count). The van der Waals surface area contributed by atoms with Crippen molar-refractivity contribution in [3.8, 4) is 21.3 Å². The minimum absolute atomic E-state index is 0.225. The van der Waals surface area contributed by atoms with Crippen molar-refractivity contribution in [3.63, 3.8) is 0 Å². The SMILES string of the molecule is Cc1cnc(N2CC3(CCOCC3)C2)c(C(=O)Nc2ccc(C(=O)N3CCc4cc(-c5nc6cccc(F)c6[nH]5)sc4-c4ncc(F)cc43)cc2)c1. The van der Waals surface area contributed by atoms with Gasteiger partial charge in [0, 0.05) is 61.8 Å². The van der Waals surface area contributed by atoms with Gasteiger partial charge in [-0.05, 0) is 85.8 Å². The molecular formula is C39H33F2N7O3S. The van der Waals surface area contributed by atoms with Crippen LogP contribution >= 0.6 is 11.3 Å². The number of para-hydroxylation sites is 1. The zero-order chi connectivity index (χ0) is 35.6. The first-order valence-corrected chi connectivity index (χ1v) is 18.0. The number of H-pyrrole nitrogens is 1. The summed E-state index contributed by atoms with van der Waals surface area (Å²) in [5.74, 6) is -0.349. The predicted molar refractivity (Wildman–Crippen MR) is 196 cm³/mol. The fourth-order valence-electron chi connectivity index (χ4n) is 7.48. The Morgan fingerprint density at radius 3 is 2.60 bits per heavy atom. The van der Waals surface area contributed by atoms with Crippen molar-refractivity contribution in [1.29, 1.82) is 0 Å². The number of carbonyl (C=O) groups excluding carboxylic acids is 2. The van der Waals surface area contributed by atoms with E-state index in [2.05, 4.69) is 30.2 Å². The van der Waals surface area contributed by atoms with E-state index in [9.17, 15) is 18.4 Å². The highest BCUT2D eigenvalue weighted by molar-refractivity contribution is 7.19. The van der Waals surface area contributed by atoms with Crippen LogP contribution in [0.4, 0.5) is 26.0 Å². The summed E-state index contributed by atoms with van der Waals surface area (Å²) in [5, 5.41) is 2.98. The van der Waals surface area contributed by atoms with E-state index < -0.39 is 5.82 Å². The molecule has 13 heteroatoms. The lowest BCUT2D eigenvalue weighted by Gasteiger charge is -2.53. The topological polar surface area (TPSA) is 116 Å². The van der Waals surface area contributed by atoms with Crippen LogP contribution < -0.4 is 15.1 Å². The summed E-state index contributed by atoms with van der Waals surface area (Å²) in [5.41, 5.74) is 5.14. The Kier molecular flexibility index (Phi) is 7.85. The summed E-state index contributed by atoms with van der Waals surface area (Å²) < 4.78 is 34.6. The monoisotopic (exact) mass is 717 g/mol. The number of hydrogen-bond donors (Lipinski definition) is 2. The van der Waals surface area contributed by atoms with E-state index in [0.717, 1.165) is 66.2 Å². The number of ether oxygens (including phenoxy) is 1. The van der Waals surface area contributed by atoms with Gasteiger partial charge in [-0.25, -0.2) is 18.7 Å². The summed E-state index contributed by atoms with van der Waals surface area (Å²) >= 11 is 1.41. The average Bonchev–Trinajstić information content (AvgIpc) is 3.74. The van der Waals surface area contributed by atoms with Crippen LogP contribution in [0.1, 0.15) is 44.7 Å². The third-order valence-electron chi connectivity index (χ3n) is 10.2. The molecule has 2 amide bonds. The molecular weight excluding hydrogens is 685 g/mol. The molecule has 0 aliphatic carbocycles. The Labute approximate surface area is 301 Å². The van der Waals surface area contributed by atoms with Crippen molar-refractivity contribution >= 4 is 51.4 Å². The number of pyridine rings is 2. The van der Waals surface area contributed by atoms with Crippen LogP contribution in [0.2, 0.25) is 0 Å². The number of amides is 2. The fraction of sp³-hybridized carbons (Fsp3) is 0.256. The lowest BCUT2D eigenvalue weighted by Crippen LogP contribution is -2.59. The Balaban J connectivity index is 0.942. The van der Waals surface area contributed by atoms with Crippen molar-refractivity contribution < 1.29 is 23.1 Å². The van der Waals surface area contributed by atoms with Crippen LogP contribution in [0.3, 0.4) is 0 Å². The number of hydrogen-bond acceptors (Lipinski definition) is 8. The Hall–Kier alpha value is -5.53. The van der Waals surface area contributed by atoms with Gasteiger partial charge in [0.1, 0.15) is 34.5 Å². The number of benzene rings is 2. The van der Waals surface area contributed by atoms with Crippen LogP contribution in [0, 0.1) is 24.0 Å². The third-order valence-corrected chi connectivity index (χ3v) is 11.4. The van der Waals surface area contributed by atoms with E-state index in [1.54, 1.807) is 47.5 Å². The lowest BCUT2D eigenvalue weighted by atomic mass is 9.73. The fourth-order valence-corrected chi connectivity index (χ4v) is 8.64. The molecule has 2 fully saturated rings. The molecule has 3 aliphatic heterocycles. The molecule has 0 radical (unpaired) electrons. The molecule has 6 aromatic rings. The second-order valence-corrected chi connectivity index (χ2v) is 14.8. The van der Waals surface area contributed by atoms with Crippen LogP contribution in [-0.4, -0.2) is 64.6 Å². The predicted octanol–water partition coefficient (Wildman–Crippen LogP) is 7.41. The molecule has 0 saturated carbocycles. The minimum Gasteiger partial charge on any atom is -0.381 e. The lowest BCUT2D eigenvalue weighted by molar-refractivity contribution is -0.000510. The van der Waals surface area contributed by atoms with Crippen molar-refractivity contribution in [2.45, 2.75) is 26.2 Å². The van der Waals surface area contributed by atoms with Gasteiger partial charge in [-0.3, -0.25) is 14.6 Å². The van der Waals surface area contributed by atoms with Gasteiger partial charge in [0.05, 0.1) is 32.7 Å². The number of rotatable bonds is 5. The largest absolute Gasteiger partial charge is 0.381 e. The maximum Gasteiger partial charge on any atom is 0.259 e. The van der Waals surface area contributed by atoms with Crippen LogP contribution in [0.5, 0.6) is 0 Å². The molecule has 0 unspecified atom stereocenters. The highest BCUT2D eigenvalue weighted by atomic mass is 32.1. The van der Waals surface area contributed by atoms with Crippen LogP contribution in [0.25, 0.3) is 32.3 Å². The molecule has 7 heterocycles. The number of fused-ring (bicyclic) bond motifs is 4. The minimum atomic E-state index is -0.561. The smallest absolute Gasteiger partial charge is 0.259 e. The molecule has 10 nitrogen and oxygen atoms in total. The molecule has 1 spiro atoms. The molecule has 3 aliphatic rings. The van der Waals surface area contributed by atoms with Crippen LogP contribution in [0.15, 0.2) is 73.1 Å². The van der Waals surface area contributed by atoms with Gasteiger partial charge in [-0.2, -0.15) is 0 Å². The molecule has 0 atom stereocenters. The van der Waals surface area contributed by atoms with E-state index in [1.807, 2.05) is 19.1 Å². The van der Waals surface area contributed by atoms with Crippen molar-refractivity contribution in [2.75, 3.05) is 48.0 Å². The number of imidazole rings is 1. The standard InChI is InChI=1S/C39H33F2N7O3S/c1-22-15-27(36(43-18-22)47-20-39(21-47)10-13-51-14-11-39)37(49)44-26-7-5-23(6-8-26)38(50)48-12-9-24-16-31(35-45-29-4-2-3-28(41)32(29)46-35)52-34(24)33-30(48)17-25(40)19-42-33/h2-8,15-19H,9-14,20-21H2,1H3,(H,44,49)(H,45,46). The second-order valence-electron chi connectivity index (χ2n) is 13.8. The van der Waals surface area contributed by atoms with E-state index in [-0.39, 0.29) is 29.6 Å². The first-order valence-electron chi connectivity index (χ1n) is 17.2. The molecule has 0 bridgehead atoms. The first kappa shape index (κ1) is 32.4. The number of aryl methyl sites for hydroxylation is 1. The van der Waals surface area contributed by atoms with Gasteiger partial charge in [-0.15, -0.1) is 11.3 Å². The van der Waals surface area contributed by atoms with Gasteiger partial charge >= 0.3 is 0 Å². The highest BCUT2D eigenvalue weighted by Gasteiger charge is 2.45. The molecule has 2 N–H and O–H groups in total.